The van der Waals surface area contributed by atoms with Gasteiger partial charge in [-0.3, -0.25) is 9.69 Å². The number of piperidine rings is 1. The molecule has 2 fully saturated rings. The van der Waals surface area contributed by atoms with Crippen molar-refractivity contribution in [3.05, 3.63) is 34.2 Å². The van der Waals surface area contributed by atoms with E-state index in [-0.39, 0.29) is 5.91 Å². The fraction of sp³-hybridized carbons (Fsp3) is 0.632. The normalized spacial score (nSPS) is 21.8. The zero-order chi connectivity index (χ0) is 18.1. The van der Waals surface area contributed by atoms with Crippen LogP contribution in [-0.2, 0) is 24.3 Å². The van der Waals surface area contributed by atoms with E-state index in [0.717, 1.165) is 51.9 Å². The third-order valence-corrected chi connectivity index (χ3v) is 6.61. The van der Waals surface area contributed by atoms with Crippen molar-refractivity contribution in [1.29, 1.82) is 0 Å². The van der Waals surface area contributed by atoms with Gasteiger partial charge < -0.3 is 9.32 Å². The summed E-state index contributed by atoms with van der Waals surface area (Å²) in [6.07, 6.45) is 4.20. The summed E-state index contributed by atoms with van der Waals surface area (Å²) in [5, 5.41) is 12.4. The molecule has 0 bridgehead atoms. The lowest BCUT2D eigenvalue weighted by Gasteiger charge is -2.34. The summed E-state index contributed by atoms with van der Waals surface area (Å²) in [6.45, 7) is 7.27. The molecule has 4 rings (SSSR count). The van der Waals surface area contributed by atoms with Crippen molar-refractivity contribution in [3.63, 3.8) is 0 Å². The van der Waals surface area contributed by atoms with E-state index in [1.54, 1.807) is 18.3 Å². The highest BCUT2D eigenvalue weighted by Gasteiger charge is 2.58. The standard InChI is InChI=1S/C19H26N4O2S/c1-3-17-20-21-18(25-17)12-22-7-5-19(6-8-22)10-16(19)23(14(2)24)11-15-4-9-26-13-15/h4,9,13,16H,3,5-8,10-12H2,1-2H3/t16-/m1/s1. The Kier molecular flexibility index (Phi) is 4.84. The van der Waals surface area contributed by atoms with E-state index < -0.39 is 0 Å². The Balaban J connectivity index is 1.33. The second-order valence-electron chi connectivity index (χ2n) is 7.58. The molecule has 1 aliphatic heterocycles. The minimum Gasteiger partial charge on any atom is -0.424 e. The highest BCUT2D eigenvalue weighted by atomic mass is 32.1. The second kappa shape index (κ2) is 7.12. The maximum atomic E-state index is 12.2. The van der Waals surface area contributed by atoms with Crippen LogP contribution in [0.5, 0.6) is 0 Å². The molecule has 1 saturated carbocycles. The summed E-state index contributed by atoms with van der Waals surface area (Å²) in [7, 11) is 0. The van der Waals surface area contributed by atoms with Crippen LogP contribution in [0.1, 0.15) is 50.5 Å². The van der Waals surface area contributed by atoms with E-state index >= 15 is 0 Å². The Morgan fingerprint density at radius 2 is 2.15 bits per heavy atom. The summed E-state index contributed by atoms with van der Waals surface area (Å²) < 4.78 is 5.64. The minimum absolute atomic E-state index is 0.193. The summed E-state index contributed by atoms with van der Waals surface area (Å²) in [5.41, 5.74) is 1.56. The average molecular weight is 375 g/mol. The Labute approximate surface area is 158 Å². The number of rotatable bonds is 6. The molecular formula is C19H26N4O2S. The van der Waals surface area contributed by atoms with Gasteiger partial charge in [0, 0.05) is 25.9 Å². The van der Waals surface area contributed by atoms with Gasteiger partial charge in [0.05, 0.1) is 6.54 Å². The highest BCUT2D eigenvalue weighted by Crippen LogP contribution is 2.57. The van der Waals surface area contributed by atoms with Crippen molar-refractivity contribution in [2.45, 2.75) is 58.7 Å². The van der Waals surface area contributed by atoms with Gasteiger partial charge in [0.25, 0.3) is 0 Å². The fourth-order valence-electron chi connectivity index (χ4n) is 4.17. The van der Waals surface area contributed by atoms with Crippen LogP contribution in [-0.4, -0.2) is 45.0 Å². The van der Waals surface area contributed by atoms with Crippen LogP contribution >= 0.6 is 11.3 Å². The van der Waals surface area contributed by atoms with Crippen molar-refractivity contribution >= 4 is 17.2 Å². The number of hydrogen-bond donors (Lipinski definition) is 0. The van der Waals surface area contributed by atoms with Gasteiger partial charge in [-0.1, -0.05) is 6.92 Å². The smallest absolute Gasteiger partial charge is 0.230 e. The van der Waals surface area contributed by atoms with Crippen LogP contribution in [0.25, 0.3) is 0 Å². The zero-order valence-corrected chi connectivity index (χ0v) is 16.3. The molecule has 7 heteroatoms. The van der Waals surface area contributed by atoms with Crippen LogP contribution in [0.3, 0.4) is 0 Å². The van der Waals surface area contributed by atoms with Gasteiger partial charge in [-0.2, -0.15) is 11.3 Å². The lowest BCUT2D eigenvalue weighted by atomic mass is 9.92. The number of nitrogens with zero attached hydrogens (tertiary/aromatic N) is 4. The van der Waals surface area contributed by atoms with E-state index in [9.17, 15) is 4.79 Å². The summed E-state index contributed by atoms with van der Waals surface area (Å²) in [5.74, 6) is 1.62. The average Bonchev–Trinajstić information content (AvgIpc) is 3.01. The van der Waals surface area contributed by atoms with Crippen LogP contribution in [0.2, 0.25) is 0 Å². The first-order valence-corrected chi connectivity index (χ1v) is 10.4. The largest absolute Gasteiger partial charge is 0.424 e. The molecule has 26 heavy (non-hydrogen) atoms. The summed E-state index contributed by atoms with van der Waals surface area (Å²) >= 11 is 1.69. The number of thiophene rings is 1. The van der Waals surface area contributed by atoms with Gasteiger partial charge >= 0.3 is 0 Å². The third kappa shape index (κ3) is 3.55. The molecule has 6 nitrogen and oxygen atoms in total. The molecule has 1 atom stereocenters. The highest BCUT2D eigenvalue weighted by molar-refractivity contribution is 7.07. The van der Waals surface area contributed by atoms with Crippen LogP contribution < -0.4 is 0 Å². The van der Waals surface area contributed by atoms with Crippen molar-refractivity contribution in [2.75, 3.05) is 13.1 Å². The molecule has 0 unspecified atom stereocenters. The Morgan fingerprint density at radius 1 is 1.38 bits per heavy atom. The lowest BCUT2D eigenvalue weighted by molar-refractivity contribution is -0.130. The molecule has 2 aromatic rings. The van der Waals surface area contributed by atoms with E-state index in [1.165, 1.54) is 5.56 Å². The number of hydrogen-bond acceptors (Lipinski definition) is 6. The van der Waals surface area contributed by atoms with Crippen molar-refractivity contribution in [2.24, 2.45) is 5.41 Å². The zero-order valence-electron chi connectivity index (χ0n) is 15.5. The Morgan fingerprint density at radius 3 is 2.77 bits per heavy atom. The number of aryl methyl sites for hydroxylation is 1. The Hall–Kier alpha value is -1.73. The number of carbonyl (C=O) groups excluding carboxylic acids is 1. The van der Waals surface area contributed by atoms with Crippen molar-refractivity contribution in [3.8, 4) is 0 Å². The van der Waals surface area contributed by atoms with Gasteiger partial charge in [-0.25, -0.2) is 0 Å². The number of likely N-dealkylation sites (tertiary alicyclic amines) is 1. The van der Waals surface area contributed by atoms with Gasteiger partial charge in [0.2, 0.25) is 17.7 Å². The third-order valence-electron chi connectivity index (χ3n) is 5.88. The van der Waals surface area contributed by atoms with Gasteiger partial charge in [0.15, 0.2) is 0 Å². The molecule has 0 radical (unpaired) electrons. The molecule has 3 heterocycles. The molecule has 0 aromatic carbocycles. The first kappa shape index (κ1) is 17.7. The predicted octanol–water partition coefficient (Wildman–Crippen LogP) is 3.10. The number of amides is 1. The SMILES string of the molecule is CCc1nnc(CN2CCC3(CC2)C[C@H]3N(Cc2ccsc2)C(C)=O)o1. The van der Waals surface area contributed by atoms with Crippen LogP contribution in [0.15, 0.2) is 21.2 Å². The van der Waals surface area contributed by atoms with Gasteiger partial charge in [0.1, 0.15) is 0 Å². The summed E-state index contributed by atoms with van der Waals surface area (Å²) in [6, 6.07) is 2.52. The molecule has 1 amide bonds. The lowest BCUT2D eigenvalue weighted by Crippen LogP contribution is -2.39. The van der Waals surface area contributed by atoms with E-state index in [0.29, 0.717) is 23.2 Å². The second-order valence-corrected chi connectivity index (χ2v) is 8.36. The monoisotopic (exact) mass is 374 g/mol. The van der Waals surface area contributed by atoms with E-state index in [2.05, 4.69) is 36.8 Å². The van der Waals surface area contributed by atoms with Crippen molar-refractivity contribution < 1.29 is 9.21 Å². The summed E-state index contributed by atoms with van der Waals surface area (Å²) in [4.78, 5) is 16.7. The molecule has 2 aromatic heterocycles. The first-order chi connectivity index (χ1) is 12.6. The maximum absolute atomic E-state index is 12.2. The minimum atomic E-state index is 0.193. The molecule has 140 valence electrons. The topological polar surface area (TPSA) is 62.5 Å². The first-order valence-electron chi connectivity index (χ1n) is 9.41. The molecule has 1 saturated heterocycles. The number of carbonyl (C=O) groups is 1. The Bertz CT molecular complexity index is 749. The van der Waals surface area contributed by atoms with Crippen molar-refractivity contribution in [1.82, 2.24) is 20.0 Å². The molecule has 2 aliphatic rings. The number of aromatic nitrogens is 2. The van der Waals surface area contributed by atoms with E-state index in [1.807, 2.05) is 6.92 Å². The molecule has 0 N–H and O–H groups in total. The maximum Gasteiger partial charge on any atom is 0.230 e. The molecule has 1 aliphatic carbocycles. The molecular weight excluding hydrogens is 348 g/mol. The van der Waals surface area contributed by atoms with Crippen LogP contribution in [0.4, 0.5) is 0 Å². The quantitative estimate of drug-likeness (QED) is 0.777. The van der Waals surface area contributed by atoms with Crippen LogP contribution in [0, 0.1) is 5.41 Å². The van der Waals surface area contributed by atoms with E-state index in [4.69, 9.17) is 4.42 Å². The van der Waals surface area contributed by atoms with Gasteiger partial charge in [-0.15, -0.1) is 10.2 Å². The molecule has 1 spiro atoms. The predicted molar refractivity (Wildman–Crippen MR) is 99.6 cm³/mol. The fourth-order valence-corrected chi connectivity index (χ4v) is 4.83. The van der Waals surface area contributed by atoms with Gasteiger partial charge in [-0.05, 0) is 60.2 Å².